The first kappa shape index (κ1) is 27.5. The van der Waals surface area contributed by atoms with Crippen LogP contribution in [0.3, 0.4) is 0 Å². The van der Waals surface area contributed by atoms with Crippen molar-refractivity contribution < 1.29 is 27.4 Å². The minimum atomic E-state index is -4.09. The summed E-state index contributed by atoms with van der Waals surface area (Å²) in [5, 5.41) is 4.93. The Kier molecular flexibility index (Phi) is 8.63. The molecule has 0 aliphatic carbocycles. The summed E-state index contributed by atoms with van der Waals surface area (Å²) in [6, 6.07) is 12.7. The molecule has 3 aromatic rings. The van der Waals surface area contributed by atoms with E-state index in [2.05, 4.69) is 5.10 Å². The number of ether oxygens (including phenoxy) is 3. The molecule has 0 bridgehead atoms. The lowest BCUT2D eigenvalue weighted by Crippen LogP contribution is -2.43. The van der Waals surface area contributed by atoms with E-state index in [0.717, 1.165) is 11.1 Å². The van der Waals surface area contributed by atoms with E-state index < -0.39 is 16.1 Å². The number of nitrogens with zero attached hydrogens (tertiary/aromatic N) is 3. The number of anilines is 1. The molecule has 1 aromatic heterocycles. The van der Waals surface area contributed by atoms with Crippen LogP contribution >= 0.6 is 11.6 Å². The summed E-state index contributed by atoms with van der Waals surface area (Å²) >= 11 is 5.98. The lowest BCUT2D eigenvalue weighted by atomic mass is 10.1. The molecule has 1 aliphatic rings. The molecular weight excluding hydrogens is 530 g/mol. The van der Waals surface area contributed by atoms with Crippen molar-refractivity contribution in [3.05, 3.63) is 64.8 Å². The number of hydrogen-bond donors (Lipinski definition) is 0. The van der Waals surface area contributed by atoms with Gasteiger partial charge in [-0.3, -0.25) is 13.8 Å². The molecule has 9 nitrogen and oxygen atoms in total. The van der Waals surface area contributed by atoms with E-state index in [4.69, 9.17) is 25.8 Å². The van der Waals surface area contributed by atoms with E-state index in [0.29, 0.717) is 29.4 Å². The Morgan fingerprint density at radius 3 is 2.55 bits per heavy atom. The highest BCUT2D eigenvalue weighted by molar-refractivity contribution is 7.93. The average molecular weight is 560 g/mol. The van der Waals surface area contributed by atoms with E-state index >= 15 is 0 Å². The van der Waals surface area contributed by atoms with Crippen LogP contribution in [-0.4, -0.2) is 50.5 Å². The number of halogens is 1. The summed E-state index contributed by atoms with van der Waals surface area (Å²) in [7, 11) is -2.78. The number of carbonyl (C=O) groups excluding carboxylic acids is 1. The topological polar surface area (TPSA) is 100.0 Å². The van der Waals surface area contributed by atoms with E-state index in [1.807, 2.05) is 37.3 Å². The summed E-state index contributed by atoms with van der Waals surface area (Å²) in [6.07, 6.45) is 5.12. The lowest BCUT2D eigenvalue weighted by Gasteiger charge is -2.35. The highest BCUT2D eigenvalue weighted by Gasteiger charge is 2.37. The van der Waals surface area contributed by atoms with Gasteiger partial charge in [-0.15, -0.1) is 5.10 Å². The van der Waals surface area contributed by atoms with Crippen molar-refractivity contribution in [2.24, 2.45) is 0 Å². The minimum Gasteiger partial charge on any atom is -0.486 e. The van der Waals surface area contributed by atoms with Crippen LogP contribution in [0.2, 0.25) is 5.02 Å². The van der Waals surface area contributed by atoms with Gasteiger partial charge in [0.2, 0.25) is 0 Å². The third kappa shape index (κ3) is 6.14. The third-order valence-corrected chi connectivity index (χ3v) is 8.03. The number of methoxy groups -OCH3 is 1. The van der Waals surface area contributed by atoms with Gasteiger partial charge in [0, 0.05) is 24.2 Å². The number of hydrogen-bond acceptors (Lipinski definition) is 7. The van der Waals surface area contributed by atoms with Crippen molar-refractivity contribution in [1.82, 2.24) is 9.78 Å². The van der Waals surface area contributed by atoms with E-state index in [9.17, 15) is 13.2 Å². The first-order chi connectivity index (χ1) is 18.2. The Bertz CT molecular complexity index is 1420. The van der Waals surface area contributed by atoms with Gasteiger partial charge < -0.3 is 14.2 Å². The van der Waals surface area contributed by atoms with Crippen molar-refractivity contribution in [3.8, 4) is 11.6 Å². The number of aryl methyl sites for hydroxylation is 1. The largest absolute Gasteiger partial charge is 0.486 e. The summed E-state index contributed by atoms with van der Waals surface area (Å²) in [4.78, 5) is 11.7. The van der Waals surface area contributed by atoms with Crippen molar-refractivity contribution in [2.75, 3.05) is 24.6 Å². The highest BCUT2D eigenvalue weighted by Crippen LogP contribution is 2.40. The highest BCUT2D eigenvalue weighted by atomic mass is 35.5. The zero-order valence-electron chi connectivity index (χ0n) is 21.5. The van der Waals surface area contributed by atoms with Gasteiger partial charge in [-0.1, -0.05) is 42.0 Å². The molecule has 1 aliphatic heterocycles. The molecule has 1 atom stereocenters. The zero-order valence-corrected chi connectivity index (χ0v) is 23.0. The molecule has 0 fully saturated rings. The fourth-order valence-electron chi connectivity index (χ4n) is 4.04. The maximum Gasteiger partial charge on any atom is 0.305 e. The molecule has 0 radical (unpaired) electrons. The maximum absolute atomic E-state index is 14.1. The number of carbonyl (C=O) groups is 1. The van der Waals surface area contributed by atoms with Crippen LogP contribution in [0.15, 0.2) is 53.6 Å². The van der Waals surface area contributed by atoms with Gasteiger partial charge in [-0.2, -0.15) is 0 Å². The van der Waals surface area contributed by atoms with Crippen molar-refractivity contribution in [3.63, 3.8) is 0 Å². The van der Waals surface area contributed by atoms with Crippen LogP contribution in [0.1, 0.15) is 37.8 Å². The summed E-state index contributed by atoms with van der Waals surface area (Å²) < 4.78 is 47.4. The van der Waals surface area contributed by atoms with Gasteiger partial charge in [0.15, 0.2) is 4.90 Å². The van der Waals surface area contributed by atoms with Gasteiger partial charge in [0.05, 0.1) is 25.9 Å². The molecule has 0 spiro atoms. The number of fused-ring (bicyclic) bond motifs is 1. The minimum absolute atomic E-state index is 0.0134. The van der Waals surface area contributed by atoms with Crippen LogP contribution in [0, 0.1) is 0 Å². The molecule has 1 unspecified atom stereocenters. The number of sulfonamides is 1. The standard InChI is InChI=1S/C27H30ClN3O6S/c1-4-30-18-25(27(29-30)36-5-2)38(33,34)31-17-22(13-15-26(32)35-3)37-24-14-10-20(16-23(24)31)7-6-19-8-11-21(28)12-9-19/h6-12,14,16,18,22H,4-5,13,15,17H2,1-3H3. The van der Waals surface area contributed by atoms with Gasteiger partial charge in [-0.05, 0) is 55.7 Å². The Labute approximate surface area is 227 Å². The predicted molar refractivity (Wildman–Crippen MR) is 146 cm³/mol. The second-order valence-electron chi connectivity index (χ2n) is 8.59. The molecule has 2 heterocycles. The van der Waals surface area contributed by atoms with E-state index in [1.165, 1.54) is 22.3 Å². The van der Waals surface area contributed by atoms with Crippen LogP contribution in [0.5, 0.6) is 11.6 Å². The quantitative estimate of drug-likeness (QED) is 0.253. The Morgan fingerprint density at radius 1 is 1.16 bits per heavy atom. The smallest absolute Gasteiger partial charge is 0.305 e. The van der Waals surface area contributed by atoms with E-state index in [-0.39, 0.29) is 36.3 Å². The number of aromatic nitrogens is 2. The first-order valence-electron chi connectivity index (χ1n) is 12.3. The first-order valence-corrected chi connectivity index (χ1v) is 14.1. The van der Waals surface area contributed by atoms with Crippen LogP contribution in [0.4, 0.5) is 5.69 Å². The third-order valence-electron chi connectivity index (χ3n) is 6.02. The van der Waals surface area contributed by atoms with Gasteiger partial charge in [-0.25, -0.2) is 8.42 Å². The Hall–Kier alpha value is -3.50. The molecule has 11 heteroatoms. The van der Waals surface area contributed by atoms with Crippen LogP contribution in [0.25, 0.3) is 12.2 Å². The molecule has 0 amide bonds. The molecular formula is C27H30ClN3O6S. The molecule has 0 saturated heterocycles. The molecule has 4 rings (SSSR count). The van der Waals surface area contributed by atoms with Crippen molar-refractivity contribution in [1.29, 1.82) is 0 Å². The monoisotopic (exact) mass is 559 g/mol. The predicted octanol–water partition coefficient (Wildman–Crippen LogP) is 5.04. The number of benzene rings is 2. The molecule has 2 aromatic carbocycles. The second-order valence-corrected chi connectivity index (χ2v) is 10.9. The molecule has 38 heavy (non-hydrogen) atoms. The van der Waals surface area contributed by atoms with Crippen molar-refractivity contribution in [2.45, 2.75) is 44.2 Å². The summed E-state index contributed by atoms with van der Waals surface area (Å²) in [6.45, 7) is 4.40. The summed E-state index contributed by atoms with van der Waals surface area (Å²) in [5.74, 6) is 0.0609. The van der Waals surface area contributed by atoms with Gasteiger partial charge in [0.25, 0.3) is 15.9 Å². The SMILES string of the molecule is CCOc1nn(CC)cc1S(=O)(=O)N1CC(CCC(=O)OC)Oc2ccc(C=Cc3ccc(Cl)cc3)cc21. The summed E-state index contributed by atoms with van der Waals surface area (Å²) in [5.41, 5.74) is 2.12. The molecule has 202 valence electrons. The average Bonchev–Trinajstić information content (AvgIpc) is 3.35. The van der Waals surface area contributed by atoms with Crippen LogP contribution < -0.4 is 13.8 Å². The lowest BCUT2D eigenvalue weighted by molar-refractivity contribution is -0.141. The second kappa shape index (κ2) is 11.9. The van der Waals surface area contributed by atoms with Crippen LogP contribution in [-0.2, 0) is 26.1 Å². The van der Waals surface area contributed by atoms with E-state index in [1.54, 1.807) is 31.2 Å². The van der Waals surface area contributed by atoms with Gasteiger partial charge >= 0.3 is 5.97 Å². The van der Waals surface area contributed by atoms with Gasteiger partial charge in [0.1, 0.15) is 11.9 Å². The Morgan fingerprint density at radius 2 is 1.87 bits per heavy atom. The zero-order chi connectivity index (χ0) is 27.3. The molecule has 0 saturated carbocycles. The van der Waals surface area contributed by atoms with Crippen molar-refractivity contribution >= 4 is 45.4 Å². The fourth-order valence-corrected chi connectivity index (χ4v) is 5.74. The normalized spacial score (nSPS) is 15.3. The number of rotatable bonds is 10. The molecule has 0 N–H and O–H groups in total. The maximum atomic E-state index is 14.1. The Balaban J connectivity index is 1.73. The fraction of sp³-hybridized carbons (Fsp3) is 0.333. The number of esters is 1.